The van der Waals surface area contributed by atoms with Crippen molar-refractivity contribution in [3.63, 3.8) is 0 Å². The summed E-state index contributed by atoms with van der Waals surface area (Å²) in [6, 6.07) is 4.22. The van der Waals surface area contributed by atoms with Crippen LogP contribution in [0.2, 0.25) is 0 Å². The van der Waals surface area contributed by atoms with Gasteiger partial charge in [0, 0.05) is 38.1 Å². The van der Waals surface area contributed by atoms with E-state index in [1.165, 1.54) is 0 Å². The molecule has 1 fully saturated rings. The van der Waals surface area contributed by atoms with E-state index in [1.807, 2.05) is 31.1 Å². The highest BCUT2D eigenvalue weighted by molar-refractivity contribution is 5.83. The van der Waals surface area contributed by atoms with E-state index in [-0.39, 0.29) is 11.9 Å². The van der Waals surface area contributed by atoms with Gasteiger partial charge >= 0.3 is 0 Å². The molecular formula is C14H22N4O. The molecule has 2 rings (SSSR count). The minimum Gasteiger partial charge on any atom is -0.335 e. The number of pyridine rings is 1. The quantitative estimate of drug-likeness (QED) is 0.849. The van der Waals surface area contributed by atoms with E-state index in [0.29, 0.717) is 19.1 Å². The zero-order valence-electron chi connectivity index (χ0n) is 11.8. The third-order valence-electron chi connectivity index (χ3n) is 3.79. The highest BCUT2D eigenvalue weighted by Gasteiger charge is 2.35. The number of carbonyl (C=O) groups excluding carboxylic acids is 1. The fraction of sp³-hybridized carbons (Fsp3) is 0.571. The third-order valence-corrected chi connectivity index (χ3v) is 3.79. The van der Waals surface area contributed by atoms with Crippen LogP contribution in [-0.2, 0) is 11.3 Å². The molecule has 0 spiro atoms. The van der Waals surface area contributed by atoms with Crippen molar-refractivity contribution in [2.75, 3.05) is 27.2 Å². The Morgan fingerprint density at radius 2 is 2.11 bits per heavy atom. The topological polar surface area (TPSA) is 48.5 Å². The van der Waals surface area contributed by atoms with Crippen LogP contribution in [0, 0.1) is 0 Å². The van der Waals surface area contributed by atoms with Gasteiger partial charge in [-0.2, -0.15) is 0 Å². The van der Waals surface area contributed by atoms with Gasteiger partial charge in [-0.3, -0.25) is 14.7 Å². The van der Waals surface area contributed by atoms with E-state index in [0.717, 1.165) is 12.1 Å². The molecule has 19 heavy (non-hydrogen) atoms. The zero-order chi connectivity index (χ0) is 13.8. The van der Waals surface area contributed by atoms with Crippen LogP contribution in [0.15, 0.2) is 24.5 Å². The molecule has 2 atom stereocenters. The maximum absolute atomic E-state index is 12.5. The second-order valence-corrected chi connectivity index (χ2v) is 5.16. The number of hydrogen-bond acceptors (Lipinski definition) is 4. The molecular weight excluding hydrogens is 240 g/mol. The van der Waals surface area contributed by atoms with E-state index in [9.17, 15) is 4.79 Å². The molecule has 0 aliphatic carbocycles. The Hall–Kier alpha value is -1.46. The highest BCUT2D eigenvalue weighted by atomic mass is 16.2. The molecule has 5 heteroatoms. The van der Waals surface area contributed by atoms with Crippen LogP contribution >= 0.6 is 0 Å². The number of likely N-dealkylation sites (N-methyl/N-ethyl adjacent to an activating group) is 2. The second-order valence-electron chi connectivity index (χ2n) is 5.16. The van der Waals surface area contributed by atoms with Crippen LogP contribution in [0.5, 0.6) is 0 Å². The standard InChI is InChI=1S/C14H22N4O/c1-11-9-18(10-12-4-6-16-7-5-12)14(19)13(8-15-2)17(11)3/h4-7,11,13,15H,8-10H2,1-3H3. The van der Waals surface area contributed by atoms with Gasteiger partial charge in [-0.1, -0.05) is 0 Å². The first-order chi connectivity index (χ1) is 9.13. The summed E-state index contributed by atoms with van der Waals surface area (Å²) in [7, 11) is 3.90. The minimum atomic E-state index is -0.0735. The molecule has 5 nitrogen and oxygen atoms in total. The van der Waals surface area contributed by atoms with Gasteiger partial charge in [0.2, 0.25) is 5.91 Å². The molecule has 1 amide bonds. The van der Waals surface area contributed by atoms with Crippen molar-refractivity contribution in [1.29, 1.82) is 0 Å². The first-order valence-corrected chi connectivity index (χ1v) is 6.67. The molecule has 0 bridgehead atoms. The summed E-state index contributed by atoms with van der Waals surface area (Å²) in [5, 5.41) is 3.10. The van der Waals surface area contributed by atoms with Crippen LogP contribution in [0.4, 0.5) is 0 Å². The van der Waals surface area contributed by atoms with E-state index >= 15 is 0 Å². The lowest BCUT2D eigenvalue weighted by Gasteiger charge is -2.43. The molecule has 2 unspecified atom stereocenters. The van der Waals surface area contributed by atoms with Gasteiger partial charge < -0.3 is 10.2 Å². The molecule has 104 valence electrons. The number of hydrogen-bond donors (Lipinski definition) is 1. The number of carbonyl (C=O) groups is 1. The van der Waals surface area contributed by atoms with Gasteiger partial charge in [-0.25, -0.2) is 0 Å². The monoisotopic (exact) mass is 262 g/mol. The summed E-state index contributed by atoms with van der Waals surface area (Å²) in [4.78, 5) is 20.6. The predicted octanol–water partition coefficient (Wildman–Crippen LogP) is 0.332. The number of nitrogens with zero attached hydrogens (tertiary/aromatic N) is 3. The molecule has 1 aliphatic heterocycles. The molecule has 1 saturated heterocycles. The van der Waals surface area contributed by atoms with Crippen LogP contribution < -0.4 is 5.32 Å². The van der Waals surface area contributed by atoms with Crippen LogP contribution in [0.1, 0.15) is 12.5 Å². The summed E-state index contributed by atoms with van der Waals surface area (Å²) in [6.07, 6.45) is 3.54. The van der Waals surface area contributed by atoms with Crippen molar-refractivity contribution < 1.29 is 4.79 Å². The van der Waals surface area contributed by atoms with E-state index in [2.05, 4.69) is 22.1 Å². The fourth-order valence-corrected chi connectivity index (χ4v) is 2.51. The van der Waals surface area contributed by atoms with Crippen molar-refractivity contribution in [2.45, 2.75) is 25.6 Å². The lowest BCUT2D eigenvalue weighted by molar-refractivity contribution is -0.144. The van der Waals surface area contributed by atoms with Crippen LogP contribution in [0.25, 0.3) is 0 Å². The summed E-state index contributed by atoms with van der Waals surface area (Å²) in [5.74, 6) is 0.201. The molecule has 1 aromatic heterocycles. The smallest absolute Gasteiger partial charge is 0.241 e. The molecule has 2 heterocycles. The molecule has 0 saturated carbocycles. The maximum atomic E-state index is 12.5. The second kappa shape index (κ2) is 6.12. The number of nitrogens with one attached hydrogen (secondary N) is 1. The Balaban J connectivity index is 2.10. The zero-order valence-corrected chi connectivity index (χ0v) is 11.8. The number of aromatic nitrogens is 1. The van der Waals surface area contributed by atoms with Gasteiger partial charge in [0.25, 0.3) is 0 Å². The predicted molar refractivity (Wildman–Crippen MR) is 74.6 cm³/mol. The van der Waals surface area contributed by atoms with Crippen molar-refractivity contribution >= 4 is 5.91 Å². The summed E-state index contributed by atoms with van der Waals surface area (Å²) >= 11 is 0. The summed E-state index contributed by atoms with van der Waals surface area (Å²) in [6.45, 7) is 4.29. The van der Waals surface area contributed by atoms with Crippen molar-refractivity contribution in [1.82, 2.24) is 20.1 Å². The van der Waals surface area contributed by atoms with Crippen LogP contribution in [-0.4, -0.2) is 60.0 Å². The Bertz CT molecular complexity index is 423. The van der Waals surface area contributed by atoms with Gasteiger partial charge in [0.1, 0.15) is 6.04 Å². The molecule has 0 radical (unpaired) electrons. The average Bonchev–Trinajstić information content (AvgIpc) is 2.42. The van der Waals surface area contributed by atoms with Gasteiger partial charge in [0.15, 0.2) is 0 Å². The van der Waals surface area contributed by atoms with Crippen molar-refractivity contribution in [3.8, 4) is 0 Å². The Morgan fingerprint density at radius 3 is 2.74 bits per heavy atom. The normalized spacial score (nSPS) is 24.8. The Morgan fingerprint density at radius 1 is 1.42 bits per heavy atom. The van der Waals surface area contributed by atoms with Gasteiger partial charge in [0.05, 0.1) is 0 Å². The van der Waals surface area contributed by atoms with Crippen LogP contribution in [0.3, 0.4) is 0 Å². The number of amides is 1. The summed E-state index contributed by atoms with van der Waals surface area (Å²) in [5.41, 5.74) is 1.13. The fourth-order valence-electron chi connectivity index (χ4n) is 2.51. The SMILES string of the molecule is CNCC1C(=O)N(Cc2ccncc2)CC(C)N1C. The molecule has 1 aromatic rings. The average molecular weight is 262 g/mol. The largest absolute Gasteiger partial charge is 0.335 e. The van der Waals surface area contributed by atoms with E-state index in [4.69, 9.17) is 0 Å². The van der Waals surface area contributed by atoms with Crippen molar-refractivity contribution in [3.05, 3.63) is 30.1 Å². The summed E-state index contributed by atoms with van der Waals surface area (Å²) < 4.78 is 0. The Labute approximate surface area is 114 Å². The highest BCUT2D eigenvalue weighted by Crippen LogP contribution is 2.17. The number of rotatable bonds is 4. The molecule has 1 aliphatic rings. The lowest BCUT2D eigenvalue weighted by atomic mass is 10.1. The molecule has 1 N–H and O–H groups in total. The maximum Gasteiger partial charge on any atom is 0.241 e. The van der Waals surface area contributed by atoms with Gasteiger partial charge in [-0.15, -0.1) is 0 Å². The van der Waals surface area contributed by atoms with E-state index < -0.39 is 0 Å². The first-order valence-electron chi connectivity index (χ1n) is 6.67. The Kier molecular flexibility index (Phi) is 4.50. The van der Waals surface area contributed by atoms with Gasteiger partial charge in [-0.05, 0) is 38.7 Å². The minimum absolute atomic E-state index is 0.0735. The molecule has 0 aromatic carbocycles. The number of piperazine rings is 1. The van der Waals surface area contributed by atoms with Crippen molar-refractivity contribution in [2.24, 2.45) is 0 Å². The third kappa shape index (κ3) is 3.11. The lowest BCUT2D eigenvalue weighted by Crippen LogP contribution is -2.61. The first kappa shape index (κ1) is 14.0. The van der Waals surface area contributed by atoms with E-state index in [1.54, 1.807) is 12.4 Å².